The van der Waals surface area contributed by atoms with Crippen LogP contribution in [0.5, 0.6) is 0 Å². The number of rotatable bonds is 6. The van der Waals surface area contributed by atoms with Gasteiger partial charge >= 0.3 is 0 Å². The SMILES string of the molecule is c1ccc(-c2ccc(N(c3cccc(-c4cccc5ccccc45)c3)c3ccc4oc5ccc6oc(-c7ccccc7)nc6c5c4c3)cc2)cc1. The Kier molecular flexibility index (Phi) is 6.78. The molecule has 0 saturated heterocycles. The van der Waals surface area contributed by atoms with Crippen molar-refractivity contribution in [2.75, 3.05) is 4.90 Å². The second-order valence-electron chi connectivity index (χ2n) is 12.8. The molecule has 0 unspecified atom stereocenters. The first kappa shape index (κ1) is 29.0. The van der Waals surface area contributed by atoms with Crippen LogP contribution in [-0.4, -0.2) is 4.98 Å². The lowest BCUT2D eigenvalue weighted by molar-refractivity contribution is 0.619. The third kappa shape index (κ3) is 5.04. The van der Waals surface area contributed by atoms with Gasteiger partial charge in [-0.05, 0) is 99.8 Å². The van der Waals surface area contributed by atoms with Gasteiger partial charge in [0.15, 0.2) is 5.58 Å². The van der Waals surface area contributed by atoms with Crippen LogP contribution in [0.15, 0.2) is 191 Å². The van der Waals surface area contributed by atoms with E-state index in [4.69, 9.17) is 13.8 Å². The molecule has 0 atom stereocenters. The largest absolute Gasteiger partial charge is 0.456 e. The van der Waals surface area contributed by atoms with Gasteiger partial charge in [-0.1, -0.05) is 115 Å². The lowest BCUT2D eigenvalue weighted by atomic mass is 9.97. The van der Waals surface area contributed by atoms with E-state index in [9.17, 15) is 0 Å². The van der Waals surface area contributed by atoms with E-state index >= 15 is 0 Å². The smallest absolute Gasteiger partial charge is 0.227 e. The molecule has 0 aliphatic heterocycles. The van der Waals surface area contributed by atoms with Crippen LogP contribution >= 0.6 is 0 Å². The molecule has 2 heterocycles. The van der Waals surface area contributed by atoms with E-state index < -0.39 is 0 Å². The van der Waals surface area contributed by atoms with E-state index in [0.29, 0.717) is 5.89 Å². The van der Waals surface area contributed by atoms with Crippen LogP contribution in [0, 0.1) is 0 Å². The second-order valence-corrected chi connectivity index (χ2v) is 12.8. The van der Waals surface area contributed by atoms with Gasteiger partial charge in [-0.3, -0.25) is 0 Å². The molecule has 0 fully saturated rings. The zero-order valence-electron chi connectivity index (χ0n) is 27.5. The monoisotopic (exact) mass is 654 g/mol. The highest BCUT2D eigenvalue weighted by Crippen LogP contribution is 2.42. The van der Waals surface area contributed by atoms with Crippen molar-refractivity contribution >= 4 is 60.9 Å². The summed E-state index contributed by atoms with van der Waals surface area (Å²) in [6.45, 7) is 0. The van der Waals surface area contributed by atoms with Gasteiger partial charge in [-0.25, -0.2) is 4.98 Å². The molecule has 2 aromatic heterocycles. The number of anilines is 3. The van der Waals surface area contributed by atoms with Crippen molar-refractivity contribution in [3.05, 3.63) is 182 Å². The normalized spacial score (nSPS) is 11.5. The highest BCUT2D eigenvalue weighted by Gasteiger charge is 2.20. The van der Waals surface area contributed by atoms with Gasteiger partial charge in [0.05, 0.1) is 5.39 Å². The number of oxazole rings is 1. The number of benzene rings is 8. The van der Waals surface area contributed by atoms with Crippen molar-refractivity contribution in [2.24, 2.45) is 0 Å². The molecule has 240 valence electrons. The molecule has 0 amide bonds. The number of fused-ring (bicyclic) bond motifs is 6. The Hall–Kier alpha value is -6.91. The highest BCUT2D eigenvalue weighted by atomic mass is 16.4. The second kappa shape index (κ2) is 11.9. The lowest BCUT2D eigenvalue weighted by Gasteiger charge is -2.26. The topological polar surface area (TPSA) is 42.4 Å². The summed E-state index contributed by atoms with van der Waals surface area (Å²) in [5.41, 5.74) is 11.9. The Morgan fingerprint density at radius 3 is 1.86 bits per heavy atom. The van der Waals surface area contributed by atoms with Gasteiger partial charge in [0, 0.05) is 28.0 Å². The molecule has 10 aromatic rings. The maximum absolute atomic E-state index is 6.40. The molecular formula is C47H30N2O2. The molecule has 10 rings (SSSR count). The minimum absolute atomic E-state index is 0.592. The zero-order valence-corrected chi connectivity index (χ0v) is 27.5. The number of nitrogens with zero attached hydrogens (tertiary/aromatic N) is 2. The Balaban J connectivity index is 1.16. The van der Waals surface area contributed by atoms with Crippen molar-refractivity contribution in [1.29, 1.82) is 0 Å². The van der Waals surface area contributed by atoms with E-state index in [-0.39, 0.29) is 0 Å². The van der Waals surface area contributed by atoms with Gasteiger partial charge in [0.2, 0.25) is 5.89 Å². The van der Waals surface area contributed by atoms with E-state index in [1.54, 1.807) is 0 Å². The molecule has 0 radical (unpaired) electrons. The molecule has 4 nitrogen and oxygen atoms in total. The fourth-order valence-electron chi connectivity index (χ4n) is 7.26. The van der Waals surface area contributed by atoms with Crippen LogP contribution in [0.4, 0.5) is 17.1 Å². The number of hydrogen-bond acceptors (Lipinski definition) is 4. The lowest BCUT2D eigenvalue weighted by Crippen LogP contribution is -2.10. The van der Waals surface area contributed by atoms with E-state index in [0.717, 1.165) is 61.2 Å². The van der Waals surface area contributed by atoms with E-state index in [1.807, 2.05) is 48.5 Å². The molecule has 0 spiro atoms. The van der Waals surface area contributed by atoms with Gasteiger partial charge < -0.3 is 13.7 Å². The predicted molar refractivity (Wildman–Crippen MR) is 210 cm³/mol. The van der Waals surface area contributed by atoms with Gasteiger partial charge in [0.25, 0.3) is 0 Å². The summed E-state index contributed by atoms with van der Waals surface area (Å²) in [6, 6.07) is 63.5. The van der Waals surface area contributed by atoms with Crippen molar-refractivity contribution in [3.8, 4) is 33.7 Å². The van der Waals surface area contributed by atoms with E-state index in [2.05, 4.69) is 138 Å². The van der Waals surface area contributed by atoms with Gasteiger partial charge in [-0.2, -0.15) is 0 Å². The molecular weight excluding hydrogens is 625 g/mol. The molecule has 0 bridgehead atoms. The summed E-state index contributed by atoms with van der Waals surface area (Å²) in [6.07, 6.45) is 0. The number of furan rings is 1. The molecule has 4 heteroatoms. The summed E-state index contributed by atoms with van der Waals surface area (Å²) < 4.78 is 12.7. The average Bonchev–Trinajstić information content (AvgIpc) is 3.81. The first-order valence-corrected chi connectivity index (χ1v) is 17.1. The standard InChI is InChI=1S/C47H30N2O2/c1-3-11-31(12-4-1)32-21-23-36(24-22-32)49(37-18-9-17-35(29-37)40-20-10-16-33-13-7-8-19-39(33)40)38-25-26-42-41(30-38)45-43(50-42)27-28-44-46(45)48-47(51-44)34-14-5-2-6-15-34/h1-30H. The maximum atomic E-state index is 6.40. The van der Waals surface area contributed by atoms with Crippen LogP contribution in [-0.2, 0) is 0 Å². The van der Waals surface area contributed by atoms with Gasteiger partial charge in [-0.15, -0.1) is 0 Å². The fraction of sp³-hybridized carbons (Fsp3) is 0. The van der Waals surface area contributed by atoms with E-state index in [1.165, 1.54) is 27.5 Å². The quantitative estimate of drug-likeness (QED) is 0.179. The van der Waals surface area contributed by atoms with Crippen molar-refractivity contribution in [1.82, 2.24) is 4.98 Å². The van der Waals surface area contributed by atoms with Crippen LogP contribution in [0.2, 0.25) is 0 Å². The summed E-state index contributed by atoms with van der Waals surface area (Å²) in [4.78, 5) is 7.31. The minimum Gasteiger partial charge on any atom is -0.456 e. The van der Waals surface area contributed by atoms with Crippen LogP contribution in [0.3, 0.4) is 0 Å². The third-order valence-corrected chi connectivity index (χ3v) is 9.69. The molecule has 8 aromatic carbocycles. The Labute approximate surface area is 294 Å². The average molecular weight is 655 g/mol. The highest BCUT2D eigenvalue weighted by molar-refractivity contribution is 6.17. The van der Waals surface area contributed by atoms with Crippen molar-refractivity contribution in [3.63, 3.8) is 0 Å². The Morgan fingerprint density at radius 2 is 1.02 bits per heavy atom. The fourth-order valence-corrected chi connectivity index (χ4v) is 7.26. The summed E-state index contributed by atoms with van der Waals surface area (Å²) in [5.74, 6) is 0.592. The molecule has 0 N–H and O–H groups in total. The maximum Gasteiger partial charge on any atom is 0.227 e. The first-order chi connectivity index (χ1) is 25.3. The summed E-state index contributed by atoms with van der Waals surface area (Å²) in [5, 5.41) is 4.38. The zero-order chi connectivity index (χ0) is 33.7. The number of hydrogen-bond donors (Lipinski definition) is 0. The van der Waals surface area contributed by atoms with Crippen LogP contribution in [0.25, 0.3) is 77.5 Å². The molecule has 51 heavy (non-hydrogen) atoms. The van der Waals surface area contributed by atoms with Crippen LogP contribution < -0.4 is 4.90 Å². The van der Waals surface area contributed by atoms with Crippen molar-refractivity contribution in [2.45, 2.75) is 0 Å². The first-order valence-electron chi connectivity index (χ1n) is 17.1. The van der Waals surface area contributed by atoms with Crippen molar-refractivity contribution < 1.29 is 8.83 Å². The number of aromatic nitrogens is 1. The van der Waals surface area contributed by atoms with Crippen LogP contribution in [0.1, 0.15) is 0 Å². The predicted octanol–water partition coefficient (Wildman–Crippen LogP) is 13.4. The Morgan fingerprint density at radius 1 is 0.392 bits per heavy atom. The molecule has 0 aliphatic carbocycles. The molecule has 0 saturated carbocycles. The molecule has 0 aliphatic rings. The van der Waals surface area contributed by atoms with Gasteiger partial charge in [0.1, 0.15) is 16.7 Å². The Bertz CT molecular complexity index is 2850. The third-order valence-electron chi connectivity index (χ3n) is 9.69. The summed E-state index contributed by atoms with van der Waals surface area (Å²) >= 11 is 0. The minimum atomic E-state index is 0.592. The summed E-state index contributed by atoms with van der Waals surface area (Å²) in [7, 11) is 0.